The molecule has 0 radical (unpaired) electrons. The summed E-state index contributed by atoms with van der Waals surface area (Å²) in [7, 11) is 0. The SMILES string of the molecule is CC(C)(CNC(CO)CO)c1cccnc1. The van der Waals surface area contributed by atoms with Gasteiger partial charge in [0.05, 0.1) is 19.3 Å². The van der Waals surface area contributed by atoms with Gasteiger partial charge in [0.15, 0.2) is 0 Å². The van der Waals surface area contributed by atoms with Crippen LogP contribution >= 0.6 is 0 Å². The lowest BCUT2D eigenvalue weighted by molar-refractivity contribution is 0.166. The lowest BCUT2D eigenvalue weighted by Gasteiger charge is -2.27. The van der Waals surface area contributed by atoms with E-state index in [4.69, 9.17) is 10.2 Å². The maximum Gasteiger partial charge on any atom is 0.0607 e. The van der Waals surface area contributed by atoms with Crippen molar-refractivity contribution >= 4 is 0 Å². The highest BCUT2D eigenvalue weighted by Gasteiger charge is 2.21. The lowest BCUT2D eigenvalue weighted by Crippen LogP contribution is -2.43. The van der Waals surface area contributed by atoms with Crippen molar-refractivity contribution < 1.29 is 10.2 Å². The van der Waals surface area contributed by atoms with Crippen molar-refractivity contribution in [1.29, 1.82) is 0 Å². The topological polar surface area (TPSA) is 65.4 Å². The molecule has 0 spiro atoms. The average Bonchev–Trinajstić information content (AvgIpc) is 2.31. The van der Waals surface area contributed by atoms with E-state index in [1.165, 1.54) is 0 Å². The molecular weight excluding hydrogens is 204 g/mol. The first-order chi connectivity index (χ1) is 7.60. The van der Waals surface area contributed by atoms with Gasteiger partial charge in [-0.2, -0.15) is 0 Å². The number of aliphatic hydroxyl groups is 2. The summed E-state index contributed by atoms with van der Waals surface area (Å²) >= 11 is 0. The first kappa shape index (κ1) is 13.1. The Bertz CT molecular complexity index is 297. The van der Waals surface area contributed by atoms with Crippen LogP contribution in [0.5, 0.6) is 0 Å². The third-order valence-electron chi connectivity index (χ3n) is 2.72. The third-order valence-corrected chi connectivity index (χ3v) is 2.72. The van der Waals surface area contributed by atoms with Crippen molar-refractivity contribution in [3.8, 4) is 0 Å². The predicted octanol–water partition coefficient (Wildman–Crippen LogP) is 0.302. The van der Waals surface area contributed by atoms with Crippen molar-refractivity contribution in [2.45, 2.75) is 25.3 Å². The van der Waals surface area contributed by atoms with Gasteiger partial charge in [-0.15, -0.1) is 0 Å². The molecule has 3 N–H and O–H groups in total. The lowest BCUT2D eigenvalue weighted by atomic mass is 9.85. The summed E-state index contributed by atoms with van der Waals surface area (Å²) in [6.45, 7) is 4.77. The van der Waals surface area contributed by atoms with E-state index in [2.05, 4.69) is 24.1 Å². The zero-order valence-corrected chi connectivity index (χ0v) is 9.85. The molecule has 16 heavy (non-hydrogen) atoms. The summed E-state index contributed by atoms with van der Waals surface area (Å²) in [5, 5.41) is 21.0. The van der Waals surface area contributed by atoms with E-state index in [0.717, 1.165) is 5.56 Å². The van der Waals surface area contributed by atoms with E-state index in [1.807, 2.05) is 18.3 Å². The molecular formula is C12H20N2O2. The van der Waals surface area contributed by atoms with E-state index in [9.17, 15) is 0 Å². The zero-order chi connectivity index (χ0) is 12.0. The molecule has 1 rings (SSSR count). The first-order valence-corrected chi connectivity index (χ1v) is 5.46. The number of rotatable bonds is 6. The molecule has 4 nitrogen and oxygen atoms in total. The van der Waals surface area contributed by atoms with E-state index < -0.39 is 0 Å². The monoisotopic (exact) mass is 224 g/mol. The molecule has 0 unspecified atom stereocenters. The highest BCUT2D eigenvalue weighted by molar-refractivity contribution is 5.19. The molecule has 0 fully saturated rings. The van der Waals surface area contributed by atoms with Crippen LogP contribution in [0.4, 0.5) is 0 Å². The Hall–Kier alpha value is -0.970. The summed E-state index contributed by atoms with van der Waals surface area (Å²) in [6.07, 6.45) is 3.59. The fourth-order valence-electron chi connectivity index (χ4n) is 1.45. The van der Waals surface area contributed by atoms with E-state index >= 15 is 0 Å². The fraction of sp³-hybridized carbons (Fsp3) is 0.583. The molecule has 1 heterocycles. The van der Waals surface area contributed by atoms with E-state index in [-0.39, 0.29) is 24.7 Å². The van der Waals surface area contributed by atoms with Gasteiger partial charge in [0.1, 0.15) is 0 Å². The number of hydrogen-bond acceptors (Lipinski definition) is 4. The Morgan fingerprint density at radius 3 is 2.56 bits per heavy atom. The molecule has 0 bridgehead atoms. The number of aromatic nitrogens is 1. The molecule has 1 aromatic rings. The maximum absolute atomic E-state index is 8.96. The van der Waals surface area contributed by atoms with E-state index in [1.54, 1.807) is 6.20 Å². The summed E-state index contributed by atoms with van der Waals surface area (Å²) in [5.74, 6) is 0. The molecule has 1 aromatic heterocycles. The standard InChI is InChI=1S/C12H20N2O2/c1-12(2,9-14-11(7-15)8-16)10-4-3-5-13-6-10/h3-6,11,14-16H,7-9H2,1-2H3. The van der Waals surface area contributed by atoms with Crippen LogP contribution < -0.4 is 5.32 Å². The Morgan fingerprint density at radius 2 is 2.06 bits per heavy atom. The van der Waals surface area contributed by atoms with Crippen LogP contribution in [0.1, 0.15) is 19.4 Å². The van der Waals surface area contributed by atoms with Gasteiger partial charge in [-0.05, 0) is 11.6 Å². The highest BCUT2D eigenvalue weighted by atomic mass is 16.3. The second kappa shape index (κ2) is 5.94. The number of hydrogen-bond donors (Lipinski definition) is 3. The van der Waals surface area contributed by atoms with Gasteiger partial charge >= 0.3 is 0 Å². The maximum atomic E-state index is 8.96. The number of nitrogens with one attached hydrogen (secondary N) is 1. The largest absolute Gasteiger partial charge is 0.395 e. The van der Waals surface area contributed by atoms with Crippen molar-refractivity contribution in [3.05, 3.63) is 30.1 Å². The first-order valence-electron chi connectivity index (χ1n) is 5.46. The molecule has 0 aliphatic carbocycles. The second-order valence-electron chi connectivity index (χ2n) is 4.57. The molecule has 0 saturated carbocycles. The summed E-state index contributed by atoms with van der Waals surface area (Å²) in [5.41, 5.74) is 1.06. The average molecular weight is 224 g/mol. The van der Waals surface area contributed by atoms with Gasteiger partial charge in [0.25, 0.3) is 0 Å². The Balaban J connectivity index is 2.58. The normalized spacial score (nSPS) is 12.1. The van der Waals surface area contributed by atoms with Gasteiger partial charge in [0, 0.05) is 24.4 Å². The van der Waals surface area contributed by atoms with Crippen molar-refractivity contribution in [2.75, 3.05) is 19.8 Å². The minimum Gasteiger partial charge on any atom is -0.395 e. The minimum atomic E-state index is -0.254. The van der Waals surface area contributed by atoms with Crippen LogP contribution in [0.3, 0.4) is 0 Å². The molecule has 4 heteroatoms. The van der Waals surface area contributed by atoms with Crippen LogP contribution in [-0.4, -0.2) is 41.0 Å². The van der Waals surface area contributed by atoms with Gasteiger partial charge in [-0.3, -0.25) is 4.98 Å². The van der Waals surface area contributed by atoms with Gasteiger partial charge in [0.2, 0.25) is 0 Å². The van der Waals surface area contributed by atoms with Crippen LogP contribution in [0.2, 0.25) is 0 Å². The Labute approximate surface area is 96.3 Å². The molecule has 90 valence electrons. The van der Waals surface area contributed by atoms with Gasteiger partial charge in [-0.25, -0.2) is 0 Å². The molecule has 0 amide bonds. The molecule has 0 aliphatic heterocycles. The minimum absolute atomic E-state index is 0.0559. The molecule has 0 aliphatic rings. The summed E-state index contributed by atoms with van der Waals surface area (Å²) < 4.78 is 0. The Kier molecular flexibility index (Phi) is 4.86. The number of pyridine rings is 1. The number of nitrogens with zero attached hydrogens (tertiary/aromatic N) is 1. The second-order valence-corrected chi connectivity index (χ2v) is 4.57. The quantitative estimate of drug-likeness (QED) is 0.650. The van der Waals surface area contributed by atoms with Gasteiger partial charge < -0.3 is 15.5 Å². The van der Waals surface area contributed by atoms with E-state index in [0.29, 0.717) is 6.54 Å². The van der Waals surface area contributed by atoms with Crippen LogP contribution in [0.15, 0.2) is 24.5 Å². The highest BCUT2D eigenvalue weighted by Crippen LogP contribution is 2.20. The smallest absolute Gasteiger partial charge is 0.0607 e. The number of aliphatic hydroxyl groups excluding tert-OH is 2. The third kappa shape index (κ3) is 3.56. The van der Waals surface area contributed by atoms with Crippen LogP contribution in [0.25, 0.3) is 0 Å². The molecule has 0 aromatic carbocycles. The molecule has 0 saturated heterocycles. The Morgan fingerprint density at radius 1 is 1.38 bits per heavy atom. The van der Waals surface area contributed by atoms with Gasteiger partial charge in [-0.1, -0.05) is 19.9 Å². The van der Waals surface area contributed by atoms with Crippen molar-refractivity contribution in [3.63, 3.8) is 0 Å². The summed E-state index contributed by atoms with van der Waals surface area (Å²) in [6, 6.07) is 3.68. The fourth-order valence-corrected chi connectivity index (χ4v) is 1.45. The van der Waals surface area contributed by atoms with Crippen molar-refractivity contribution in [2.24, 2.45) is 0 Å². The van der Waals surface area contributed by atoms with Crippen LogP contribution in [0, 0.1) is 0 Å². The molecule has 0 atom stereocenters. The van der Waals surface area contributed by atoms with Crippen molar-refractivity contribution in [1.82, 2.24) is 10.3 Å². The predicted molar refractivity (Wildman–Crippen MR) is 63.2 cm³/mol. The zero-order valence-electron chi connectivity index (χ0n) is 9.85. The summed E-state index contributed by atoms with van der Waals surface area (Å²) in [4.78, 5) is 4.09. The van der Waals surface area contributed by atoms with Crippen LogP contribution in [-0.2, 0) is 5.41 Å².